The van der Waals surface area contributed by atoms with Crippen molar-refractivity contribution in [2.45, 2.75) is 26.4 Å². The first-order chi connectivity index (χ1) is 11.6. The predicted molar refractivity (Wildman–Crippen MR) is 82.7 cm³/mol. The average Bonchev–Trinajstić information content (AvgIpc) is 2.51. The number of hydrogen-bond donors (Lipinski definition) is 2. The Balaban J connectivity index is 2.40. The molecule has 138 valence electrons. The number of carbonyl (C=O) groups excluding carboxylic acids is 3. The van der Waals surface area contributed by atoms with E-state index in [9.17, 15) is 27.6 Å². The number of urea groups is 1. The summed E-state index contributed by atoms with van der Waals surface area (Å²) < 4.78 is 41.9. The summed E-state index contributed by atoms with van der Waals surface area (Å²) in [6.07, 6.45) is -3.77. The van der Waals surface area contributed by atoms with Crippen LogP contribution in [0.4, 0.5) is 18.0 Å². The van der Waals surface area contributed by atoms with Crippen LogP contribution in [-0.2, 0) is 15.7 Å². The lowest BCUT2D eigenvalue weighted by Crippen LogP contribution is -2.41. The molecule has 0 heterocycles. The molecular weight excluding hydrogens is 341 g/mol. The van der Waals surface area contributed by atoms with Gasteiger partial charge in [-0.25, -0.2) is 9.59 Å². The normalized spacial score (nSPS) is 11.1. The van der Waals surface area contributed by atoms with Gasteiger partial charge in [0.25, 0.3) is 5.91 Å². The van der Waals surface area contributed by atoms with Crippen LogP contribution in [0.5, 0.6) is 0 Å². The van der Waals surface area contributed by atoms with E-state index in [1.165, 1.54) is 0 Å². The minimum atomic E-state index is -4.51. The zero-order valence-electron chi connectivity index (χ0n) is 13.8. The fraction of sp³-hybridized carbons (Fsp3) is 0.438. The Morgan fingerprint density at radius 1 is 1.12 bits per heavy atom. The molecule has 0 aromatic heterocycles. The third kappa shape index (κ3) is 7.69. The molecule has 6 nitrogen and oxygen atoms in total. The van der Waals surface area contributed by atoms with Crippen LogP contribution in [0.3, 0.4) is 0 Å². The fourth-order valence-corrected chi connectivity index (χ4v) is 1.69. The third-order valence-corrected chi connectivity index (χ3v) is 3.04. The standard InChI is InChI=1S/C16H19F3N2O4/c1-10(2)7-8-20-15(24)21-13(22)9-25-14(23)11-3-5-12(6-4-11)16(17,18)19/h3-6,10H,7-9H2,1-2H3,(H2,20,21,22,24). The number of nitrogens with one attached hydrogen (secondary N) is 2. The average molecular weight is 360 g/mol. The number of rotatable bonds is 6. The van der Waals surface area contributed by atoms with Gasteiger partial charge in [-0.1, -0.05) is 13.8 Å². The van der Waals surface area contributed by atoms with Crippen molar-refractivity contribution in [2.24, 2.45) is 5.92 Å². The highest BCUT2D eigenvalue weighted by atomic mass is 19.4. The molecule has 0 bridgehead atoms. The second-order valence-electron chi connectivity index (χ2n) is 5.64. The van der Waals surface area contributed by atoms with Gasteiger partial charge >= 0.3 is 18.2 Å². The molecule has 3 amide bonds. The summed E-state index contributed by atoms with van der Waals surface area (Å²) in [5.74, 6) is -1.42. The van der Waals surface area contributed by atoms with Gasteiger partial charge in [0.05, 0.1) is 11.1 Å². The second kappa shape index (κ2) is 9.05. The highest BCUT2D eigenvalue weighted by Gasteiger charge is 2.30. The number of imide groups is 1. The molecule has 0 aliphatic heterocycles. The van der Waals surface area contributed by atoms with Crippen LogP contribution < -0.4 is 10.6 Å². The highest BCUT2D eigenvalue weighted by molar-refractivity contribution is 5.97. The number of benzene rings is 1. The molecule has 9 heteroatoms. The van der Waals surface area contributed by atoms with E-state index in [-0.39, 0.29) is 5.56 Å². The van der Waals surface area contributed by atoms with Crippen molar-refractivity contribution in [3.05, 3.63) is 35.4 Å². The smallest absolute Gasteiger partial charge is 0.416 e. The van der Waals surface area contributed by atoms with Gasteiger partial charge < -0.3 is 10.1 Å². The Labute approximate surface area is 142 Å². The van der Waals surface area contributed by atoms with Gasteiger partial charge in [-0.05, 0) is 36.6 Å². The van der Waals surface area contributed by atoms with Crippen LogP contribution >= 0.6 is 0 Å². The van der Waals surface area contributed by atoms with Crippen molar-refractivity contribution >= 4 is 17.9 Å². The largest absolute Gasteiger partial charge is 0.452 e. The number of halogens is 3. The molecule has 0 radical (unpaired) electrons. The molecule has 0 atom stereocenters. The van der Waals surface area contributed by atoms with E-state index in [0.717, 1.165) is 30.7 Å². The van der Waals surface area contributed by atoms with Crippen LogP contribution in [0.2, 0.25) is 0 Å². The first-order valence-corrected chi connectivity index (χ1v) is 7.51. The summed E-state index contributed by atoms with van der Waals surface area (Å²) in [4.78, 5) is 34.5. The van der Waals surface area contributed by atoms with Crippen molar-refractivity contribution in [1.29, 1.82) is 0 Å². The van der Waals surface area contributed by atoms with Gasteiger partial charge in [0, 0.05) is 6.54 Å². The van der Waals surface area contributed by atoms with Crippen molar-refractivity contribution in [2.75, 3.05) is 13.2 Å². The van der Waals surface area contributed by atoms with Crippen molar-refractivity contribution in [1.82, 2.24) is 10.6 Å². The first-order valence-electron chi connectivity index (χ1n) is 7.51. The molecular formula is C16H19F3N2O4. The molecule has 0 fully saturated rings. The van der Waals surface area contributed by atoms with Gasteiger partial charge in [-0.3, -0.25) is 10.1 Å². The van der Waals surface area contributed by atoms with Gasteiger partial charge in [0.1, 0.15) is 0 Å². The molecule has 0 spiro atoms. The summed E-state index contributed by atoms with van der Waals surface area (Å²) >= 11 is 0. The van der Waals surface area contributed by atoms with Crippen LogP contribution in [0.15, 0.2) is 24.3 Å². The lowest BCUT2D eigenvalue weighted by molar-refractivity contribution is -0.137. The maximum Gasteiger partial charge on any atom is 0.416 e. The van der Waals surface area contributed by atoms with Crippen molar-refractivity contribution in [3.8, 4) is 0 Å². The highest BCUT2D eigenvalue weighted by Crippen LogP contribution is 2.29. The number of ether oxygens (including phenoxy) is 1. The van der Waals surface area contributed by atoms with Crippen LogP contribution in [-0.4, -0.2) is 31.1 Å². The second-order valence-corrected chi connectivity index (χ2v) is 5.64. The number of esters is 1. The summed E-state index contributed by atoms with van der Waals surface area (Å²) in [6, 6.07) is 2.65. The number of carbonyl (C=O) groups is 3. The van der Waals surface area contributed by atoms with Crippen LogP contribution in [0.25, 0.3) is 0 Å². The molecule has 1 aromatic carbocycles. The van der Waals surface area contributed by atoms with Gasteiger partial charge in [0.2, 0.25) is 0 Å². The lowest BCUT2D eigenvalue weighted by atomic mass is 10.1. The molecule has 2 N–H and O–H groups in total. The quantitative estimate of drug-likeness (QED) is 0.764. The topological polar surface area (TPSA) is 84.5 Å². The number of amides is 3. The zero-order valence-corrected chi connectivity index (χ0v) is 13.8. The Morgan fingerprint density at radius 3 is 2.24 bits per heavy atom. The monoisotopic (exact) mass is 360 g/mol. The summed E-state index contributed by atoms with van der Waals surface area (Å²) in [6.45, 7) is 3.62. The third-order valence-electron chi connectivity index (χ3n) is 3.04. The SMILES string of the molecule is CC(C)CCNC(=O)NC(=O)COC(=O)c1ccc(C(F)(F)F)cc1. The van der Waals surface area contributed by atoms with Crippen LogP contribution in [0.1, 0.15) is 36.2 Å². The summed E-state index contributed by atoms with van der Waals surface area (Å²) in [5, 5.41) is 4.44. The lowest BCUT2D eigenvalue weighted by Gasteiger charge is -2.09. The molecule has 0 aliphatic rings. The first kappa shape index (κ1) is 20.5. The van der Waals surface area contributed by atoms with E-state index in [2.05, 4.69) is 10.1 Å². The summed E-state index contributed by atoms with van der Waals surface area (Å²) in [5.41, 5.74) is -1.04. The number of alkyl halides is 3. The fourth-order valence-electron chi connectivity index (χ4n) is 1.69. The Kier molecular flexibility index (Phi) is 7.41. The summed E-state index contributed by atoms with van der Waals surface area (Å²) in [7, 11) is 0. The van der Waals surface area contributed by atoms with E-state index >= 15 is 0 Å². The molecule has 0 saturated heterocycles. The van der Waals surface area contributed by atoms with E-state index in [4.69, 9.17) is 0 Å². The molecule has 1 aromatic rings. The van der Waals surface area contributed by atoms with Crippen molar-refractivity contribution < 1.29 is 32.3 Å². The predicted octanol–water partition coefficient (Wildman–Crippen LogP) is 2.73. The maximum absolute atomic E-state index is 12.4. The van der Waals surface area contributed by atoms with Gasteiger partial charge in [0.15, 0.2) is 6.61 Å². The van der Waals surface area contributed by atoms with E-state index < -0.39 is 36.3 Å². The van der Waals surface area contributed by atoms with Crippen molar-refractivity contribution in [3.63, 3.8) is 0 Å². The maximum atomic E-state index is 12.4. The van der Waals surface area contributed by atoms with E-state index in [1.54, 1.807) is 0 Å². The molecule has 25 heavy (non-hydrogen) atoms. The zero-order chi connectivity index (χ0) is 19.0. The molecule has 0 aliphatic carbocycles. The molecule has 0 saturated carbocycles. The van der Waals surface area contributed by atoms with E-state index in [1.807, 2.05) is 19.2 Å². The Hall–Kier alpha value is -2.58. The minimum Gasteiger partial charge on any atom is -0.452 e. The molecule has 0 unspecified atom stereocenters. The van der Waals surface area contributed by atoms with Gasteiger partial charge in [-0.2, -0.15) is 13.2 Å². The number of hydrogen-bond acceptors (Lipinski definition) is 4. The Morgan fingerprint density at radius 2 is 1.72 bits per heavy atom. The van der Waals surface area contributed by atoms with Crippen LogP contribution in [0, 0.1) is 5.92 Å². The minimum absolute atomic E-state index is 0.137. The Bertz CT molecular complexity index is 613. The van der Waals surface area contributed by atoms with Gasteiger partial charge in [-0.15, -0.1) is 0 Å². The molecule has 1 rings (SSSR count). The van der Waals surface area contributed by atoms with E-state index in [0.29, 0.717) is 12.5 Å².